The number of hydrogen-bond acceptors (Lipinski definition) is 3. The van der Waals surface area contributed by atoms with E-state index in [1.54, 1.807) is 0 Å². The van der Waals surface area contributed by atoms with Crippen molar-refractivity contribution in [1.29, 1.82) is 0 Å². The van der Waals surface area contributed by atoms with Crippen molar-refractivity contribution >= 4 is 11.6 Å². The molecule has 1 saturated carbocycles. The first kappa shape index (κ1) is 13.3. The third-order valence-electron chi connectivity index (χ3n) is 4.50. The second kappa shape index (κ2) is 5.00. The number of rotatable bonds is 2. The van der Waals surface area contributed by atoms with Crippen LogP contribution in [0, 0.1) is 5.41 Å². The molecule has 1 aliphatic carbocycles. The van der Waals surface area contributed by atoms with Crippen molar-refractivity contribution in [3.63, 3.8) is 0 Å². The fourth-order valence-electron chi connectivity index (χ4n) is 3.12. The van der Waals surface area contributed by atoms with Crippen molar-refractivity contribution in [2.75, 3.05) is 11.9 Å². The van der Waals surface area contributed by atoms with Gasteiger partial charge < -0.3 is 15.4 Å². The Morgan fingerprint density at radius 3 is 2.95 bits per heavy atom. The molecule has 0 saturated heterocycles. The largest absolute Gasteiger partial charge is 0.477 e. The minimum absolute atomic E-state index is 0.00743. The quantitative estimate of drug-likeness (QED) is 0.871. The van der Waals surface area contributed by atoms with Gasteiger partial charge in [-0.1, -0.05) is 32.4 Å². The lowest BCUT2D eigenvalue weighted by molar-refractivity contribution is -0.129. The molecule has 20 heavy (non-hydrogen) atoms. The zero-order valence-corrected chi connectivity index (χ0v) is 12.1. The Bertz CT molecular complexity index is 513. The van der Waals surface area contributed by atoms with Crippen molar-refractivity contribution in [1.82, 2.24) is 5.32 Å². The predicted octanol–water partition coefficient (Wildman–Crippen LogP) is 2.55. The number of hydrogen-bond donors (Lipinski definition) is 2. The highest BCUT2D eigenvalue weighted by Gasteiger charge is 2.37. The van der Waals surface area contributed by atoms with Gasteiger partial charge in [0, 0.05) is 6.04 Å². The van der Waals surface area contributed by atoms with Crippen molar-refractivity contribution in [2.24, 2.45) is 5.41 Å². The fourth-order valence-corrected chi connectivity index (χ4v) is 3.12. The molecule has 0 aromatic heterocycles. The summed E-state index contributed by atoms with van der Waals surface area (Å²) in [4.78, 5) is 12.4. The van der Waals surface area contributed by atoms with Crippen molar-refractivity contribution in [2.45, 2.75) is 45.3 Å². The average Bonchev–Trinajstić information content (AvgIpc) is 2.77. The molecule has 4 nitrogen and oxygen atoms in total. The Labute approximate surface area is 119 Å². The number of anilines is 1. The molecule has 2 N–H and O–H groups in total. The summed E-state index contributed by atoms with van der Waals surface area (Å²) in [7, 11) is 0. The summed E-state index contributed by atoms with van der Waals surface area (Å²) in [6.45, 7) is 4.97. The number of amides is 1. The van der Waals surface area contributed by atoms with Gasteiger partial charge in [-0.3, -0.25) is 4.79 Å². The lowest BCUT2D eigenvalue weighted by atomic mass is 9.87. The highest BCUT2D eigenvalue weighted by molar-refractivity contribution is 5.83. The van der Waals surface area contributed by atoms with Crippen LogP contribution in [0.15, 0.2) is 24.3 Å². The first-order valence-electron chi connectivity index (χ1n) is 7.36. The third-order valence-corrected chi connectivity index (χ3v) is 4.50. The second-order valence-corrected chi connectivity index (χ2v) is 6.43. The van der Waals surface area contributed by atoms with Crippen LogP contribution in [0.1, 0.15) is 33.1 Å². The lowest BCUT2D eigenvalue weighted by Gasteiger charge is -2.31. The standard InChI is InChI=1S/C16H22N2O2/c1-16(2)9-5-8-14(16)18-15(19)13-10-17-11-6-3-4-7-12(11)20-13/h3-4,6-7,13-14,17H,5,8-10H2,1-2H3,(H,18,19). The van der Waals surface area contributed by atoms with Gasteiger partial charge in [0.15, 0.2) is 6.10 Å². The smallest absolute Gasteiger partial charge is 0.263 e. The van der Waals surface area contributed by atoms with E-state index in [-0.39, 0.29) is 17.4 Å². The van der Waals surface area contributed by atoms with Crippen LogP contribution in [0.4, 0.5) is 5.69 Å². The van der Waals surface area contributed by atoms with E-state index in [2.05, 4.69) is 24.5 Å². The first-order chi connectivity index (χ1) is 9.56. The van der Waals surface area contributed by atoms with Crippen LogP contribution in [0.5, 0.6) is 5.75 Å². The number of ether oxygens (including phenoxy) is 1. The maximum Gasteiger partial charge on any atom is 0.263 e. The predicted molar refractivity (Wildman–Crippen MR) is 78.9 cm³/mol. The molecule has 1 aromatic rings. The Balaban J connectivity index is 1.65. The molecule has 0 spiro atoms. The van der Waals surface area contributed by atoms with E-state index in [0.717, 1.165) is 17.9 Å². The van der Waals surface area contributed by atoms with Crippen molar-refractivity contribution in [3.05, 3.63) is 24.3 Å². The molecule has 1 fully saturated rings. The topological polar surface area (TPSA) is 50.4 Å². The summed E-state index contributed by atoms with van der Waals surface area (Å²) in [5, 5.41) is 6.42. The van der Waals surface area contributed by atoms with Crippen molar-refractivity contribution < 1.29 is 9.53 Å². The van der Waals surface area contributed by atoms with Crippen LogP contribution in [-0.4, -0.2) is 24.6 Å². The van der Waals surface area contributed by atoms with Crippen LogP contribution < -0.4 is 15.4 Å². The molecule has 3 rings (SSSR count). The molecule has 108 valence electrons. The van der Waals surface area contributed by atoms with Crippen LogP contribution in [-0.2, 0) is 4.79 Å². The fraction of sp³-hybridized carbons (Fsp3) is 0.562. The molecular formula is C16H22N2O2. The summed E-state index contributed by atoms with van der Waals surface area (Å²) >= 11 is 0. The van der Waals surface area contributed by atoms with Crippen LogP contribution in [0.2, 0.25) is 0 Å². The average molecular weight is 274 g/mol. The van der Waals surface area contributed by atoms with E-state index in [1.165, 1.54) is 12.8 Å². The van der Waals surface area contributed by atoms with Gasteiger partial charge in [-0.05, 0) is 30.4 Å². The number of carbonyl (C=O) groups is 1. The summed E-state index contributed by atoms with van der Waals surface area (Å²) in [6, 6.07) is 7.98. The number of nitrogens with one attached hydrogen (secondary N) is 2. The summed E-state index contributed by atoms with van der Waals surface area (Å²) < 4.78 is 5.80. The van der Waals surface area contributed by atoms with Gasteiger partial charge in [0.2, 0.25) is 0 Å². The van der Waals surface area contributed by atoms with Gasteiger partial charge in [0.25, 0.3) is 5.91 Å². The summed E-state index contributed by atoms with van der Waals surface area (Å²) in [5.74, 6) is 0.747. The molecule has 1 amide bonds. The second-order valence-electron chi connectivity index (χ2n) is 6.43. The highest BCUT2D eigenvalue weighted by Crippen LogP contribution is 2.37. The van der Waals surface area contributed by atoms with E-state index in [1.807, 2.05) is 24.3 Å². The minimum atomic E-state index is -0.443. The number of fused-ring (bicyclic) bond motifs is 1. The monoisotopic (exact) mass is 274 g/mol. The van der Waals surface area contributed by atoms with Crippen LogP contribution >= 0.6 is 0 Å². The van der Waals surface area contributed by atoms with E-state index >= 15 is 0 Å². The maximum atomic E-state index is 12.4. The Morgan fingerprint density at radius 1 is 1.40 bits per heavy atom. The molecule has 1 aliphatic heterocycles. The van der Waals surface area contributed by atoms with E-state index in [9.17, 15) is 4.79 Å². The highest BCUT2D eigenvalue weighted by atomic mass is 16.5. The normalized spacial score (nSPS) is 27.1. The Hall–Kier alpha value is -1.71. The first-order valence-corrected chi connectivity index (χ1v) is 7.36. The molecule has 2 atom stereocenters. The third kappa shape index (κ3) is 2.47. The summed E-state index contributed by atoms with van der Waals surface area (Å²) in [5.41, 5.74) is 1.15. The molecule has 2 aliphatic rings. The number of para-hydroxylation sites is 2. The van der Waals surface area contributed by atoms with Gasteiger partial charge in [0.05, 0.1) is 12.2 Å². The Kier molecular flexibility index (Phi) is 3.32. The van der Waals surface area contributed by atoms with Gasteiger partial charge in [-0.2, -0.15) is 0 Å². The molecule has 0 bridgehead atoms. The molecule has 1 heterocycles. The van der Waals surface area contributed by atoms with E-state index in [4.69, 9.17) is 4.74 Å². The number of benzene rings is 1. The number of carbonyl (C=O) groups excluding carboxylic acids is 1. The molecule has 1 aromatic carbocycles. The van der Waals surface area contributed by atoms with Gasteiger partial charge >= 0.3 is 0 Å². The van der Waals surface area contributed by atoms with Crippen LogP contribution in [0.25, 0.3) is 0 Å². The molecule has 0 radical (unpaired) electrons. The molecule has 2 unspecified atom stereocenters. The van der Waals surface area contributed by atoms with Gasteiger partial charge in [-0.15, -0.1) is 0 Å². The SMILES string of the molecule is CC1(C)CCCC1NC(=O)C1CNc2ccccc2O1. The summed E-state index contributed by atoms with van der Waals surface area (Å²) in [6.07, 6.45) is 2.98. The Morgan fingerprint density at radius 2 is 2.20 bits per heavy atom. The van der Waals surface area contributed by atoms with Crippen LogP contribution in [0.3, 0.4) is 0 Å². The maximum absolute atomic E-state index is 12.4. The molecular weight excluding hydrogens is 252 g/mol. The lowest BCUT2D eigenvalue weighted by Crippen LogP contribution is -2.50. The van der Waals surface area contributed by atoms with Crippen molar-refractivity contribution in [3.8, 4) is 5.75 Å². The minimum Gasteiger partial charge on any atom is -0.477 e. The molecule has 4 heteroatoms. The van der Waals surface area contributed by atoms with Gasteiger partial charge in [0.1, 0.15) is 5.75 Å². The zero-order valence-electron chi connectivity index (χ0n) is 12.1. The van der Waals surface area contributed by atoms with Gasteiger partial charge in [-0.25, -0.2) is 0 Å². The zero-order chi connectivity index (χ0) is 14.2. The van der Waals surface area contributed by atoms with E-state index < -0.39 is 6.10 Å². The van der Waals surface area contributed by atoms with E-state index in [0.29, 0.717) is 6.54 Å².